The molecule has 0 aliphatic heterocycles. The van der Waals surface area contributed by atoms with Gasteiger partial charge in [-0.3, -0.25) is 13.9 Å². The molecular formula is C36H40FN3O5S. The summed E-state index contributed by atoms with van der Waals surface area (Å²) in [4.78, 5) is 29.7. The van der Waals surface area contributed by atoms with E-state index in [-0.39, 0.29) is 35.4 Å². The zero-order valence-corrected chi connectivity index (χ0v) is 27.3. The maximum absolute atomic E-state index is 14.5. The van der Waals surface area contributed by atoms with Crippen LogP contribution < -0.4 is 14.4 Å². The highest BCUT2D eigenvalue weighted by atomic mass is 32.2. The number of methoxy groups -OCH3 is 1. The average molecular weight is 646 g/mol. The highest BCUT2D eigenvalue weighted by Gasteiger charge is 2.34. The molecule has 0 spiro atoms. The van der Waals surface area contributed by atoms with Crippen LogP contribution in [0.5, 0.6) is 5.75 Å². The minimum atomic E-state index is -4.23. The van der Waals surface area contributed by atoms with Crippen molar-refractivity contribution in [1.29, 1.82) is 0 Å². The Labute approximate surface area is 270 Å². The van der Waals surface area contributed by atoms with Crippen LogP contribution in [0.2, 0.25) is 0 Å². The Hall–Kier alpha value is -4.70. The van der Waals surface area contributed by atoms with Crippen molar-refractivity contribution in [3.63, 3.8) is 0 Å². The van der Waals surface area contributed by atoms with Gasteiger partial charge in [0, 0.05) is 19.5 Å². The van der Waals surface area contributed by atoms with Crippen molar-refractivity contribution >= 4 is 27.5 Å². The lowest BCUT2D eigenvalue weighted by molar-refractivity contribution is -0.140. The van der Waals surface area contributed by atoms with Crippen molar-refractivity contribution in [2.24, 2.45) is 5.92 Å². The molecule has 0 aliphatic carbocycles. The Morgan fingerprint density at radius 3 is 2.07 bits per heavy atom. The van der Waals surface area contributed by atoms with Gasteiger partial charge in [-0.15, -0.1) is 0 Å². The first kappa shape index (κ1) is 34.2. The highest BCUT2D eigenvalue weighted by molar-refractivity contribution is 7.92. The van der Waals surface area contributed by atoms with E-state index in [1.165, 1.54) is 36.3 Å². The third kappa shape index (κ3) is 8.94. The predicted molar refractivity (Wildman–Crippen MR) is 177 cm³/mol. The molecule has 0 aliphatic rings. The van der Waals surface area contributed by atoms with E-state index in [9.17, 15) is 22.4 Å². The number of sulfonamides is 1. The smallest absolute Gasteiger partial charge is 0.264 e. The van der Waals surface area contributed by atoms with Gasteiger partial charge in [0.2, 0.25) is 11.8 Å². The lowest BCUT2D eigenvalue weighted by atomic mass is 10.0. The standard InChI is InChI=1S/C36H40FN3O5S/c1-26(2)23-38-36(42)34(22-28-8-6-5-7-9-28)39(24-29-12-14-30(37)15-13-29)35(41)25-40(31-16-18-32(45-4)19-17-31)46(43,44)33-20-10-27(3)11-21-33/h5-21,26,34H,22-25H2,1-4H3,(H,38,42). The molecule has 242 valence electrons. The first-order valence-electron chi connectivity index (χ1n) is 15.1. The van der Waals surface area contributed by atoms with Crippen molar-refractivity contribution in [2.75, 3.05) is 24.5 Å². The number of nitrogens with zero attached hydrogens (tertiary/aromatic N) is 2. The molecule has 46 heavy (non-hydrogen) atoms. The Morgan fingerprint density at radius 2 is 1.48 bits per heavy atom. The second-order valence-electron chi connectivity index (χ2n) is 11.5. The maximum Gasteiger partial charge on any atom is 0.264 e. The number of carbonyl (C=O) groups is 2. The number of amides is 2. The van der Waals surface area contributed by atoms with Crippen LogP contribution in [0.15, 0.2) is 108 Å². The summed E-state index contributed by atoms with van der Waals surface area (Å²) < 4.78 is 48.4. The van der Waals surface area contributed by atoms with Crippen molar-refractivity contribution in [1.82, 2.24) is 10.2 Å². The van der Waals surface area contributed by atoms with Crippen molar-refractivity contribution < 1.29 is 27.1 Å². The van der Waals surface area contributed by atoms with Crippen LogP contribution in [0.4, 0.5) is 10.1 Å². The number of rotatable bonds is 14. The van der Waals surface area contributed by atoms with Gasteiger partial charge in [-0.25, -0.2) is 12.8 Å². The summed E-state index contributed by atoms with van der Waals surface area (Å²) in [6, 6.07) is 26.7. The monoisotopic (exact) mass is 645 g/mol. The normalized spacial score (nSPS) is 12.0. The van der Waals surface area contributed by atoms with Gasteiger partial charge in [0.05, 0.1) is 17.7 Å². The fourth-order valence-electron chi connectivity index (χ4n) is 4.88. The number of halogens is 1. The number of ether oxygens (including phenoxy) is 1. The van der Waals surface area contributed by atoms with Crippen LogP contribution in [0, 0.1) is 18.7 Å². The third-order valence-electron chi connectivity index (χ3n) is 7.47. The Bertz CT molecular complexity index is 1700. The number of nitrogens with one attached hydrogen (secondary N) is 1. The van der Waals surface area contributed by atoms with Crippen LogP contribution >= 0.6 is 0 Å². The van der Waals surface area contributed by atoms with E-state index in [0.717, 1.165) is 15.4 Å². The molecule has 2 amide bonds. The molecule has 0 aromatic heterocycles. The van der Waals surface area contributed by atoms with Crippen LogP contribution in [-0.2, 0) is 32.6 Å². The SMILES string of the molecule is COc1ccc(N(CC(=O)N(Cc2ccc(F)cc2)C(Cc2ccccc2)C(=O)NCC(C)C)S(=O)(=O)c2ccc(C)cc2)cc1. The molecular weight excluding hydrogens is 605 g/mol. The van der Waals surface area contributed by atoms with Gasteiger partial charge in [-0.05, 0) is 72.5 Å². The summed E-state index contributed by atoms with van der Waals surface area (Å²) in [6.07, 6.45) is 0.185. The zero-order valence-electron chi connectivity index (χ0n) is 26.5. The molecule has 1 atom stereocenters. The Balaban J connectivity index is 1.79. The molecule has 0 bridgehead atoms. The van der Waals surface area contributed by atoms with Gasteiger partial charge < -0.3 is 15.0 Å². The molecule has 0 fully saturated rings. The quantitative estimate of drug-likeness (QED) is 0.189. The number of anilines is 1. The molecule has 10 heteroatoms. The van der Waals surface area contributed by atoms with Crippen LogP contribution in [-0.4, -0.2) is 51.4 Å². The number of hydrogen-bond donors (Lipinski definition) is 1. The molecule has 1 unspecified atom stereocenters. The van der Waals surface area contributed by atoms with E-state index < -0.39 is 34.3 Å². The van der Waals surface area contributed by atoms with E-state index >= 15 is 0 Å². The van der Waals surface area contributed by atoms with Crippen molar-refractivity contribution in [3.8, 4) is 5.75 Å². The fraction of sp³-hybridized carbons (Fsp3) is 0.278. The molecule has 0 heterocycles. The lowest BCUT2D eigenvalue weighted by Gasteiger charge is -2.34. The average Bonchev–Trinajstić information content (AvgIpc) is 3.05. The number of benzene rings is 4. The van der Waals surface area contributed by atoms with E-state index in [4.69, 9.17) is 4.74 Å². The molecule has 4 rings (SSSR count). The molecule has 4 aromatic carbocycles. The topological polar surface area (TPSA) is 96.0 Å². The first-order chi connectivity index (χ1) is 22.0. The maximum atomic E-state index is 14.5. The minimum Gasteiger partial charge on any atom is -0.497 e. The summed E-state index contributed by atoms with van der Waals surface area (Å²) >= 11 is 0. The zero-order chi connectivity index (χ0) is 33.3. The molecule has 0 saturated carbocycles. The van der Waals surface area contributed by atoms with E-state index in [2.05, 4.69) is 5.32 Å². The summed E-state index contributed by atoms with van der Waals surface area (Å²) in [5, 5.41) is 2.95. The fourth-order valence-corrected chi connectivity index (χ4v) is 6.29. The predicted octanol–water partition coefficient (Wildman–Crippen LogP) is 5.75. The third-order valence-corrected chi connectivity index (χ3v) is 9.26. The molecule has 0 saturated heterocycles. The van der Waals surface area contributed by atoms with Crippen LogP contribution in [0.1, 0.15) is 30.5 Å². The summed E-state index contributed by atoms with van der Waals surface area (Å²) in [5.74, 6) is -0.730. The van der Waals surface area contributed by atoms with Gasteiger partial charge >= 0.3 is 0 Å². The number of aryl methyl sites for hydroxylation is 1. The van der Waals surface area contributed by atoms with Crippen LogP contribution in [0.3, 0.4) is 0 Å². The summed E-state index contributed by atoms with van der Waals surface area (Å²) in [5.41, 5.74) is 2.54. The Morgan fingerprint density at radius 1 is 0.848 bits per heavy atom. The lowest BCUT2D eigenvalue weighted by Crippen LogP contribution is -2.53. The summed E-state index contributed by atoms with van der Waals surface area (Å²) in [6.45, 7) is 5.54. The minimum absolute atomic E-state index is 0.0160. The summed E-state index contributed by atoms with van der Waals surface area (Å²) in [7, 11) is -2.73. The number of hydrogen-bond acceptors (Lipinski definition) is 5. The molecule has 1 N–H and O–H groups in total. The van der Waals surface area contributed by atoms with E-state index in [1.807, 2.05) is 51.1 Å². The van der Waals surface area contributed by atoms with Gasteiger partial charge in [0.15, 0.2) is 0 Å². The second-order valence-corrected chi connectivity index (χ2v) is 13.4. The Kier molecular flexibility index (Phi) is 11.5. The van der Waals surface area contributed by atoms with Gasteiger partial charge in [0.25, 0.3) is 10.0 Å². The second kappa shape index (κ2) is 15.5. The van der Waals surface area contributed by atoms with Crippen molar-refractivity contribution in [2.45, 2.75) is 44.7 Å². The first-order valence-corrected chi connectivity index (χ1v) is 16.5. The molecule has 0 radical (unpaired) electrons. The number of carbonyl (C=O) groups excluding carboxylic acids is 2. The van der Waals surface area contributed by atoms with E-state index in [1.54, 1.807) is 48.5 Å². The highest BCUT2D eigenvalue weighted by Crippen LogP contribution is 2.27. The van der Waals surface area contributed by atoms with Gasteiger partial charge in [-0.2, -0.15) is 0 Å². The largest absolute Gasteiger partial charge is 0.497 e. The molecule has 8 nitrogen and oxygen atoms in total. The van der Waals surface area contributed by atoms with Gasteiger partial charge in [-0.1, -0.05) is 74.0 Å². The molecule has 4 aromatic rings. The van der Waals surface area contributed by atoms with Crippen molar-refractivity contribution in [3.05, 3.63) is 126 Å². The van der Waals surface area contributed by atoms with Crippen LogP contribution in [0.25, 0.3) is 0 Å². The van der Waals surface area contributed by atoms with Gasteiger partial charge in [0.1, 0.15) is 24.2 Å². The van der Waals surface area contributed by atoms with E-state index in [0.29, 0.717) is 17.9 Å².